The summed E-state index contributed by atoms with van der Waals surface area (Å²) in [5.74, 6) is -1.09. The fourth-order valence-corrected chi connectivity index (χ4v) is 2.99. The number of nitrogens with two attached hydrogens (primary N) is 1. The van der Waals surface area contributed by atoms with Gasteiger partial charge in [-0.3, -0.25) is 0 Å². The molecular formula is C15H21F2NO. The first-order valence-corrected chi connectivity index (χ1v) is 6.91. The van der Waals surface area contributed by atoms with E-state index in [9.17, 15) is 8.78 Å². The smallest absolute Gasteiger partial charge is 0.129 e. The molecule has 1 atom stereocenters. The normalized spacial score (nSPS) is 19.6. The number of ether oxygens (including phenoxy) is 1. The van der Waals surface area contributed by atoms with Gasteiger partial charge in [-0.05, 0) is 37.8 Å². The third-order valence-corrected chi connectivity index (χ3v) is 4.01. The molecule has 2 nitrogen and oxygen atoms in total. The van der Waals surface area contributed by atoms with E-state index in [1.807, 2.05) is 6.92 Å². The molecule has 1 aliphatic carbocycles. The summed E-state index contributed by atoms with van der Waals surface area (Å²) < 4.78 is 32.4. The Balaban J connectivity index is 2.12. The molecule has 4 heteroatoms. The second-order valence-corrected chi connectivity index (χ2v) is 5.25. The summed E-state index contributed by atoms with van der Waals surface area (Å²) >= 11 is 0. The van der Waals surface area contributed by atoms with E-state index in [4.69, 9.17) is 10.5 Å². The maximum absolute atomic E-state index is 13.7. The lowest BCUT2D eigenvalue weighted by molar-refractivity contribution is -0.0526. The molecule has 106 valence electrons. The van der Waals surface area contributed by atoms with Crippen LogP contribution in [0.2, 0.25) is 0 Å². The summed E-state index contributed by atoms with van der Waals surface area (Å²) in [5.41, 5.74) is 6.37. The van der Waals surface area contributed by atoms with Crippen molar-refractivity contribution in [2.24, 2.45) is 5.73 Å². The average Bonchev–Trinajstić information content (AvgIpc) is 2.83. The fourth-order valence-electron chi connectivity index (χ4n) is 2.99. The van der Waals surface area contributed by atoms with Crippen molar-refractivity contribution in [1.82, 2.24) is 0 Å². The Bertz CT molecular complexity index is 430. The van der Waals surface area contributed by atoms with E-state index in [1.165, 1.54) is 12.1 Å². The zero-order chi connectivity index (χ0) is 13.9. The van der Waals surface area contributed by atoms with Crippen LogP contribution in [-0.2, 0) is 11.2 Å². The highest BCUT2D eigenvalue weighted by molar-refractivity contribution is 5.20. The molecule has 19 heavy (non-hydrogen) atoms. The van der Waals surface area contributed by atoms with E-state index >= 15 is 0 Å². The molecule has 1 aliphatic rings. The zero-order valence-electron chi connectivity index (χ0n) is 11.3. The van der Waals surface area contributed by atoms with Gasteiger partial charge in [0.15, 0.2) is 0 Å². The monoisotopic (exact) mass is 269 g/mol. The molecule has 0 aromatic heterocycles. The van der Waals surface area contributed by atoms with Crippen molar-refractivity contribution in [1.29, 1.82) is 0 Å². The summed E-state index contributed by atoms with van der Waals surface area (Å²) in [5, 5.41) is 0. The van der Waals surface area contributed by atoms with Crippen LogP contribution in [0.25, 0.3) is 0 Å². The van der Waals surface area contributed by atoms with Crippen LogP contribution < -0.4 is 5.73 Å². The minimum absolute atomic E-state index is 0.255. The number of halogens is 2. The number of rotatable bonds is 5. The van der Waals surface area contributed by atoms with Crippen molar-refractivity contribution in [2.75, 3.05) is 6.61 Å². The molecule has 1 fully saturated rings. The van der Waals surface area contributed by atoms with Crippen molar-refractivity contribution in [3.63, 3.8) is 0 Å². The van der Waals surface area contributed by atoms with Gasteiger partial charge in [0, 0.05) is 18.7 Å². The summed E-state index contributed by atoms with van der Waals surface area (Å²) in [6, 6.07) is 3.39. The van der Waals surface area contributed by atoms with Crippen LogP contribution in [0.1, 0.15) is 38.2 Å². The Labute approximate surface area is 112 Å². The van der Waals surface area contributed by atoms with E-state index in [-0.39, 0.29) is 11.6 Å². The van der Waals surface area contributed by atoms with Gasteiger partial charge in [0.2, 0.25) is 0 Å². The summed E-state index contributed by atoms with van der Waals surface area (Å²) in [7, 11) is 0. The Morgan fingerprint density at radius 3 is 2.58 bits per heavy atom. The molecule has 2 N–H and O–H groups in total. The number of benzene rings is 1. The second kappa shape index (κ2) is 5.97. The lowest BCUT2D eigenvalue weighted by atomic mass is 9.88. The molecule has 1 saturated carbocycles. The highest BCUT2D eigenvalue weighted by Crippen LogP contribution is 2.36. The Morgan fingerprint density at radius 2 is 2.00 bits per heavy atom. The molecule has 0 spiro atoms. The molecule has 0 radical (unpaired) electrons. The summed E-state index contributed by atoms with van der Waals surface area (Å²) in [6.45, 7) is 2.56. The van der Waals surface area contributed by atoms with Crippen LogP contribution in [0, 0.1) is 11.6 Å². The van der Waals surface area contributed by atoms with Crippen LogP contribution in [0.4, 0.5) is 8.78 Å². The molecule has 0 heterocycles. The predicted molar refractivity (Wildman–Crippen MR) is 70.9 cm³/mol. The van der Waals surface area contributed by atoms with Gasteiger partial charge in [-0.2, -0.15) is 0 Å². The van der Waals surface area contributed by atoms with Gasteiger partial charge in [0.25, 0.3) is 0 Å². The topological polar surface area (TPSA) is 35.2 Å². The maximum Gasteiger partial charge on any atom is 0.129 e. The molecular weight excluding hydrogens is 248 g/mol. The zero-order valence-corrected chi connectivity index (χ0v) is 11.3. The Hall–Kier alpha value is -1.00. The van der Waals surface area contributed by atoms with E-state index in [0.717, 1.165) is 31.7 Å². The van der Waals surface area contributed by atoms with Crippen molar-refractivity contribution in [2.45, 2.75) is 50.7 Å². The van der Waals surface area contributed by atoms with Crippen LogP contribution in [0.15, 0.2) is 18.2 Å². The number of hydrogen-bond acceptors (Lipinski definition) is 2. The SMILES string of the molecule is CCOC1(C(N)Cc2ccc(F)cc2F)CCCC1. The molecule has 1 unspecified atom stereocenters. The van der Waals surface area contributed by atoms with E-state index in [1.54, 1.807) is 0 Å². The summed E-state index contributed by atoms with van der Waals surface area (Å²) in [6.07, 6.45) is 4.42. The minimum Gasteiger partial charge on any atom is -0.374 e. The maximum atomic E-state index is 13.7. The number of hydrogen-bond donors (Lipinski definition) is 1. The third-order valence-electron chi connectivity index (χ3n) is 4.01. The molecule has 0 saturated heterocycles. The van der Waals surface area contributed by atoms with Gasteiger partial charge in [-0.25, -0.2) is 8.78 Å². The molecule has 1 aromatic carbocycles. The van der Waals surface area contributed by atoms with Gasteiger partial charge in [-0.15, -0.1) is 0 Å². The highest BCUT2D eigenvalue weighted by Gasteiger charge is 2.40. The van der Waals surface area contributed by atoms with E-state index < -0.39 is 11.6 Å². The molecule has 0 bridgehead atoms. The largest absolute Gasteiger partial charge is 0.374 e. The second-order valence-electron chi connectivity index (χ2n) is 5.25. The van der Waals surface area contributed by atoms with Crippen LogP contribution >= 0.6 is 0 Å². The van der Waals surface area contributed by atoms with Crippen LogP contribution in [-0.4, -0.2) is 18.2 Å². The molecule has 0 aliphatic heterocycles. The lowest BCUT2D eigenvalue weighted by Gasteiger charge is -2.35. The van der Waals surface area contributed by atoms with Gasteiger partial charge in [0.1, 0.15) is 11.6 Å². The quantitative estimate of drug-likeness (QED) is 0.891. The standard InChI is InChI=1S/C15H21F2NO/c1-2-19-15(7-3-4-8-15)14(18)9-11-5-6-12(16)10-13(11)17/h5-6,10,14H,2-4,7-9,18H2,1H3. The van der Waals surface area contributed by atoms with Crippen molar-refractivity contribution in [3.8, 4) is 0 Å². The Morgan fingerprint density at radius 1 is 1.32 bits per heavy atom. The van der Waals surface area contributed by atoms with Gasteiger partial charge in [-0.1, -0.05) is 18.9 Å². The Kier molecular flexibility index (Phi) is 4.53. The predicted octanol–water partition coefficient (Wildman–Crippen LogP) is 3.18. The summed E-state index contributed by atoms with van der Waals surface area (Å²) in [4.78, 5) is 0. The lowest BCUT2D eigenvalue weighted by Crippen LogP contribution is -2.49. The molecule has 0 amide bonds. The van der Waals surface area contributed by atoms with E-state index in [0.29, 0.717) is 18.6 Å². The van der Waals surface area contributed by atoms with Crippen molar-refractivity contribution in [3.05, 3.63) is 35.4 Å². The first-order chi connectivity index (χ1) is 9.07. The minimum atomic E-state index is -0.560. The van der Waals surface area contributed by atoms with E-state index in [2.05, 4.69) is 0 Å². The molecule has 2 rings (SSSR count). The van der Waals surface area contributed by atoms with Gasteiger partial charge >= 0.3 is 0 Å². The van der Waals surface area contributed by atoms with Crippen LogP contribution in [0.5, 0.6) is 0 Å². The average molecular weight is 269 g/mol. The fraction of sp³-hybridized carbons (Fsp3) is 0.600. The first-order valence-electron chi connectivity index (χ1n) is 6.91. The van der Waals surface area contributed by atoms with Crippen molar-refractivity contribution >= 4 is 0 Å². The highest BCUT2D eigenvalue weighted by atomic mass is 19.1. The van der Waals surface area contributed by atoms with Gasteiger partial charge < -0.3 is 10.5 Å². The molecule has 1 aromatic rings. The first kappa shape index (κ1) is 14.4. The third kappa shape index (κ3) is 3.12. The van der Waals surface area contributed by atoms with Gasteiger partial charge in [0.05, 0.1) is 5.60 Å². The van der Waals surface area contributed by atoms with Crippen molar-refractivity contribution < 1.29 is 13.5 Å². The van der Waals surface area contributed by atoms with Crippen LogP contribution in [0.3, 0.4) is 0 Å².